The number of carbonyl (C=O) groups excluding carboxylic acids is 5. The van der Waals surface area contributed by atoms with Gasteiger partial charge in [0.1, 0.15) is 122 Å². The summed E-state index contributed by atoms with van der Waals surface area (Å²) in [4.78, 5) is 107. The van der Waals surface area contributed by atoms with Crippen molar-refractivity contribution in [3.05, 3.63) is 12.2 Å². The average molecular weight is 1910 g/mol. The molecule has 46 nitrogen and oxygen atoms in total. The van der Waals surface area contributed by atoms with Crippen molar-refractivity contribution in [3.8, 4) is 0 Å². The fourth-order valence-electron chi connectivity index (χ4n) is 17.5. The van der Waals surface area contributed by atoms with Gasteiger partial charge in [-0.2, -0.15) is 0 Å². The molecule has 35 atom stereocenters. The van der Waals surface area contributed by atoms with Crippen LogP contribution in [0.25, 0.3) is 0 Å². The zero-order chi connectivity index (χ0) is 98.1. The fraction of sp³-hybridized carbons (Fsp3) is 0.884. The van der Waals surface area contributed by atoms with Crippen LogP contribution in [-0.4, -0.2) is 413 Å². The lowest BCUT2D eigenvalue weighted by molar-refractivity contribution is -0.404. The standard InChI is InChI=1S/C86H148N4O42/c1-7-9-11-13-15-17-19-20-22-23-25-27-29-31-50(101)49(90-60(106)32-30-28-26-24-21-18-16-14-12-10-8-2)43-121-79-70(113)69(112)72(58(41-95)123-79)125-80-71(114)77(73(59(42-96)124-80)126-78-48(33-44(3)97)64(107)66(109)55(38-92)122-78)132-86(83(119)120)36-53(104)63(89-47(6)100)76(131-86)68(111)57(40-94)128-85(82(117)118)35-52(103)62(88-46(5)99)75(130-85)67(110)56(39-93)127-84(81(115)116)34-51(102)61(87-45(4)98)74(129-84)65(108)54(105)37-91/h29,31,48-59,61-80,91-96,101-105,107-114H,7-28,30,32-43H2,1-6H3,(H,87,98)(H,88,99)(H,89,100)(H,90,106)(H,115,116)(H,117,118)(H,119,120)/t48-,49+,50-,51+,52+,53+,54-,55-,56-,57-,58-,59-,61-,62-,63-,64-,65-,66+,67-,68-,69-,70-,71-,72-,73+,74?,75?,76?,77-,78+,79-,80+,84-,85-,86+/m1/s1. The van der Waals surface area contributed by atoms with E-state index in [2.05, 4.69) is 35.1 Å². The van der Waals surface area contributed by atoms with Gasteiger partial charge in [0.05, 0.1) is 101 Å². The third kappa shape index (κ3) is 32.3. The first-order valence-corrected chi connectivity index (χ1v) is 46.1. The number of amides is 4. The monoisotopic (exact) mass is 1910 g/mol. The SMILES string of the molecule is CCCCCCCCCCCCCC=C[C@@H](O)[C@H](CO[C@@H]1O[C@H](CO)[C@@H](O[C@@H]2O[C@H](CO)[C@H](O[C@@H]3O[C@H](CO)[C@H](O)[C@H](O)[C@H]3CC(C)=O)[C@H](O[C@]3(C(=O)O)C[C@H](O)[C@@H](NC(C)=O)C([C@H](O)[C@@H](CO)O[C@]4(C(=O)O)C[C@H](O)[C@@H](NC(C)=O)C([C@H](O)[C@@H](CO)O[C@]5(C(=O)O)C[C@H](O)[C@@H](NC(C)=O)C([C@H](O)[C@H](O)CO)O5)O4)O3)[C@H]2O)[C@H](O)[C@H]1O)NC(=O)CCCCCCCCCCCCC. The molecule has 0 aromatic carbocycles. The number of ketones is 1. The Hall–Kier alpha value is -5.54. The highest BCUT2D eigenvalue weighted by Crippen LogP contribution is 2.45. The Morgan fingerprint density at radius 1 is 0.432 bits per heavy atom. The van der Waals surface area contributed by atoms with E-state index in [1.54, 1.807) is 6.08 Å². The zero-order valence-corrected chi connectivity index (χ0v) is 75.9. The van der Waals surface area contributed by atoms with Gasteiger partial charge in [-0.3, -0.25) is 19.2 Å². The molecule has 3 unspecified atom stereocenters. The van der Waals surface area contributed by atoms with Gasteiger partial charge in [0.2, 0.25) is 23.6 Å². The van der Waals surface area contributed by atoms with Crippen LogP contribution in [0.3, 0.4) is 0 Å². The molecule has 6 saturated heterocycles. The molecule has 4 amide bonds. The van der Waals surface area contributed by atoms with Gasteiger partial charge in [-0.05, 0) is 26.2 Å². The van der Waals surface area contributed by atoms with E-state index in [-0.39, 0.29) is 6.42 Å². The highest BCUT2D eigenvalue weighted by atomic mass is 16.8. The molecule has 26 N–H and O–H groups in total. The molecule has 764 valence electrons. The van der Waals surface area contributed by atoms with Gasteiger partial charge in [-0.1, -0.05) is 154 Å². The van der Waals surface area contributed by atoms with E-state index in [1.165, 1.54) is 63.9 Å². The summed E-state index contributed by atoms with van der Waals surface area (Å²) in [5.41, 5.74) is 0. The van der Waals surface area contributed by atoms with Crippen molar-refractivity contribution in [2.24, 2.45) is 5.92 Å². The van der Waals surface area contributed by atoms with Crippen molar-refractivity contribution >= 4 is 47.3 Å². The lowest BCUT2D eigenvalue weighted by Crippen LogP contribution is -2.72. The van der Waals surface area contributed by atoms with Crippen molar-refractivity contribution in [2.75, 3.05) is 46.2 Å². The van der Waals surface area contributed by atoms with Crippen LogP contribution in [0.5, 0.6) is 0 Å². The van der Waals surface area contributed by atoms with E-state index in [9.17, 15) is 151 Å². The number of aliphatic hydroxyl groups excluding tert-OH is 19. The zero-order valence-electron chi connectivity index (χ0n) is 75.9. The smallest absolute Gasteiger partial charge is 0.364 e. The first-order chi connectivity index (χ1) is 62.6. The Morgan fingerprint density at radius 3 is 1.24 bits per heavy atom. The molecule has 6 rings (SSSR count). The summed E-state index contributed by atoms with van der Waals surface area (Å²) in [6, 6.07) is -7.28. The van der Waals surface area contributed by atoms with E-state index in [4.69, 9.17) is 56.8 Å². The number of allylic oxidation sites excluding steroid dienone is 1. The van der Waals surface area contributed by atoms with Gasteiger partial charge in [-0.25, -0.2) is 14.4 Å². The second-order valence-corrected chi connectivity index (χ2v) is 35.3. The lowest BCUT2D eigenvalue weighted by Gasteiger charge is -2.53. The molecule has 6 aliphatic rings. The predicted octanol–water partition coefficient (Wildman–Crippen LogP) is -4.99. The van der Waals surface area contributed by atoms with Crippen molar-refractivity contribution in [1.82, 2.24) is 21.3 Å². The second-order valence-electron chi connectivity index (χ2n) is 35.3. The number of ether oxygens (including phenoxy) is 12. The number of Topliss-reactive ketones (excluding diaryl/α,β-unsaturated/α-hetero) is 1. The number of nitrogens with one attached hydrogen (secondary N) is 4. The van der Waals surface area contributed by atoms with Gasteiger partial charge in [-0.15, -0.1) is 0 Å². The first-order valence-electron chi connectivity index (χ1n) is 46.1. The van der Waals surface area contributed by atoms with Crippen molar-refractivity contribution in [3.63, 3.8) is 0 Å². The van der Waals surface area contributed by atoms with Crippen LogP contribution in [0.1, 0.15) is 221 Å². The minimum absolute atomic E-state index is 0.0817. The van der Waals surface area contributed by atoms with Crippen molar-refractivity contribution < 1.29 is 208 Å². The number of carboxylic acids is 3. The summed E-state index contributed by atoms with van der Waals surface area (Å²) < 4.78 is 71.8. The maximum absolute atomic E-state index is 14.4. The summed E-state index contributed by atoms with van der Waals surface area (Å²) in [7, 11) is 0. The number of hydrogen-bond acceptors (Lipinski definition) is 39. The van der Waals surface area contributed by atoms with Crippen molar-refractivity contribution in [1.29, 1.82) is 0 Å². The molecule has 0 saturated carbocycles. The number of aliphatic hydroxyl groups is 19. The minimum Gasteiger partial charge on any atom is -0.477 e. The first kappa shape index (κ1) is 115. The molecule has 6 aliphatic heterocycles. The number of carboxylic acid groups (broad SMARTS) is 3. The Morgan fingerprint density at radius 2 is 0.826 bits per heavy atom. The molecule has 0 spiro atoms. The average Bonchev–Trinajstić information content (AvgIpc) is 0.742. The molecule has 0 aliphatic carbocycles. The van der Waals surface area contributed by atoms with Crippen LogP contribution in [0.4, 0.5) is 0 Å². The van der Waals surface area contributed by atoms with Crippen LogP contribution in [-0.2, 0) is 95.2 Å². The normalized spacial score (nSPS) is 34.7. The summed E-state index contributed by atoms with van der Waals surface area (Å²) >= 11 is 0. The quantitative estimate of drug-likeness (QED) is 0.0200. The maximum atomic E-state index is 14.4. The molecule has 6 heterocycles. The molecule has 0 aromatic rings. The third-order valence-corrected chi connectivity index (χ3v) is 24.8. The lowest BCUT2D eigenvalue weighted by atomic mass is 9.86. The number of aliphatic carboxylic acids is 3. The number of rotatable bonds is 60. The van der Waals surface area contributed by atoms with Gasteiger partial charge in [0.25, 0.3) is 17.4 Å². The van der Waals surface area contributed by atoms with E-state index in [0.717, 1.165) is 105 Å². The highest BCUT2D eigenvalue weighted by molar-refractivity contribution is 5.79. The fourth-order valence-corrected chi connectivity index (χ4v) is 17.5. The van der Waals surface area contributed by atoms with Crippen LogP contribution in [0, 0.1) is 5.92 Å². The van der Waals surface area contributed by atoms with Gasteiger partial charge in [0.15, 0.2) is 18.9 Å². The topological polar surface area (TPSA) is 741 Å². The van der Waals surface area contributed by atoms with Crippen LogP contribution >= 0.6 is 0 Å². The summed E-state index contributed by atoms with van der Waals surface area (Å²) in [6.07, 6.45) is -39.3. The van der Waals surface area contributed by atoms with E-state index in [0.29, 0.717) is 12.8 Å². The molecule has 0 radical (unpaired) electrons. The van der Waals surface area contributed by atoms with E-state index in [1.807, 2.05) is 0 Å². The van der Waals surface area contributed by atoms with Crippen LogP contribution < -0.4 is 21.3 Å². The number of hydrogen-bond donors (Lipinski definition) is 26. The second kappa shape index (κ2) is 56.5. The van der Waals surface area contributed by atoms with Crippen LogP contribution in [0.2, 0.25) is 0 Å². The summed E-state index contributed by atoms with van der Waals surface area (Å²) in [5.74, 6) is -23.6. The van der Waals surface area contributed by atoms with Crippen molar-refractivity contribution in [2.45, 2.75) is 428 Å². The van der Waals surface area contributed by atoms with Gasteiger partial charge in [0, 0.05) is 58.8 Å². The highest BCUT2D eigenvalue weighted by Gasteiger charge is 2.65. The third-order valence-electron chi connectivity index (χ3n) is 24.8. The van der Waals surface area contributed by atoms with Gasteiger partial charge < -0.3 is 195 Å². The minimum atomic E-state index is -3.71. The Kier molecular flexibility index (Phi) is 49.3. The Labute approximate surface area is 765 Å². The number of carbonyl (C=O) groups is 8. The molecule has 132 heavy (non-hydrogen) atoms. The van der Waals surface area contributed by atoms with E-state index < -0.39 is 332 Å². The Bertz CT molecular complexity index is 3490. The largest absolute Gasteiger partial charge is 0.477 e. The summed E-state index contributed by atoms with van der Waals surface area (Å²) in [6.45, 7) is -0.650. The molecule has 46 heteroatoms. The van der Waals surface area contributed by atoms with E-state index >= 15 is 0 Å². The van der Waals surface area contributed by atoms with Gasteiger partial charge >= 0.3 is 17.9 Å². The summed E-state index contributed by atoms with van der Waals surface area (Å²) in [5, 5.41) is 261. The van der Waals surface area contributed by atoms with Crippen LogP contribution in [0.15, 0.2) is 12.2 Å². The molecule has 0 bridgehead atoms. The number of unbranched alkanes of at least 4 members (excludes halogenated alkanes) is 21. The molecule has 0 aromatic heterocycles. The Balaban J connectivity index is 1.34. The molecular weight excluding hydrogens is 1760 g/mol. The predicted molar refractivity (Wildman–Crippen MR) is 451 cm³/mol. The molecular formula is C86H148N4O42. The maximum Gasteiger partial charge on any atom is 0.364 e. The molecule has 6 fully saturated rings.